The van der Waals surface area contributed by atoms with E-state index >= 15 is 0 Å². The molecular formula is C14H19N5O4S. The molecule has 2 aromatic heterocycles. The third-order valence-electron chi connectivity index (χ3n) is 2.90. The molecule has 2 aromatic rings. The Bertz CT molecular complexity index is 684. The van der Waals surface area contributed by atoms with Crippen molar-refractivity contribution in [2.45, 2.75) is 12.8 Å². The van der Waals surface area contributed by atoms with Gasteiger partial charge in [-0.3, -0.25) is 4.79 Å². The van der Waals surface area contributed by atoms with E-state index in [9.17, 15) is 4.79 Å². The number of aliphatic hydroxyl groups is 1. The third kappa shape index (κ3) is 5.42. The molecule has 2 heterocycles. The van der Waals surface area contributed by atoms with Crippen LogP contribution in [0.2, 0.25) is 0 Å². The molecule has 0 aliphatic carbocycles. The van der Waals surface area contributed by atoms with Gasteiger partial charge >= 0.3 is 0 Å². The molecule has 0 radical (unpaired) electrons. The summed E-state index contributed by atoms with van der Waals surface area (Å²) < 4.78 is 10.5. The van der Waals surface area contributed by atoms with E-state index in [1.807, 2.05) is 5.38 Å². The Balaban J connectivity index is 1.89. The Morgan fingerprint density at radius 2 is 2.46 bits per heavy atom. The highest BCUT2D eigenvalue weighted by Crippen LogP contribution is 2.27. The van der Waals surface area contributed by atoms with E-state index in [2.05, 4.69) is 20.6 Å². The number of thiazole rings is 1. The summed E-state index contributed by atoms with van der Waals surface area (Å²) in [6.45, 7) is 0.0991. The monoisotopic (exact) mass is 353 g/mol. The van der Waals surface area contributed by atoms with Crippen molar-refractivity contribution in [3.8, 4) is 11.5 Å². The van der Waals surface area contributed by atoms with Gasteiger partial charge in [-0.2, -0.15) is 0 Å². The molecule has 0 saturated carbocycles. The van der Waals surface area contributed by atoms with Crippen molar-refractivity contribution in [1.82, 2.24) is 15.6 Å². The molecule has 1 amide bonds. The Hall–Kier alpha value is -2.27. The lowest BCUT2D eigenvalue weighted by Gasteiger charge is -2.07. The zero-order valence-electron chi connectivity index (χ0n) is 13.1. The minimum atomic E-state index is -0.551. The lowest BCUT2D eigenvalue weighted by Crippen LogP contribution is -2.34. The maximum atomic E-state index is 11.0. The van der Waals surface area contributed by atoms with Gasteiger partial charge in [-0.15, -0.1) is 11.3 Å². The average molecular weight is 353 g/mol. The number of nitrogens with zero attached hydrogens (tertiary/aromatic N) is 2. The van der Waals surface area contributed by atoms with Gasteiger partial charge in [0.1, 0.15) is 24.3 Å². The zero-order chi connectivity index (χ0) is 17.4. The maximum absolute atomic E-state index is 11.0. The van der Waals surface area contributed by atoms with Gasteiger partial charge in [0.2, 0.25) is 11.0 Å². The number of aliphatic imine (C=N–C) groups is 1. The number of aromatic nitrogens is 1. The lowest BCUT2D eigenvalue weighted by molar-refractivity contribution is -0.124. The normalized spacial score (nSPS) is 12.5. The number of carbonyl (C=O) groups excluding carboxylic acids is 1. The molecule has 0 bridgehead atoms. The van der Waals surface area contributed by atoms with Gasteiger partial charge in [0.05, 0.1) is 19.4 Å². The Morgan fingerprint density at radius 3 is 3.21 bits per heavy atom. The Kier molecular flexibility index (Phi) is 6.88. The molecule has 0 saturated heterocycles. The molecule has 2 rings (SSSR count). The topological polar surface area (TPSA) is 135 Å². The number of rotatable bonds is 9. The quantitative estimate of drug-likeness (QED) is 0.287. The molecule has 1 unspecified atom stereocenters. The second-order valence-electron chi connectivity index (χ2n) is 4.66. The summed E-state index contributed by atoms with van der Waals surface area (Å²) in [5, 5.41) is 16.5. The van der Waals surface area contributed by atoms with Crippen LogP contribution in [0, 0.1) is 0 Å². The number of hydrogen-bond acceptors (Lipinski definition) is 8. The number of furan rings is 1. The number of carbonyl (C=O) groups is 1. The van der Waals surface area contributed by atoms with E-state index in [0.29, 0.717) is 28.9 Å². The summed E-state index contributed by atoms with van der Waals surface area (Å²) in [6, 6.07) is 3.50. The van der Waals surface area contributed by atoms with E-state index < -0.39 is 18.7 Å². The Morgan fingerprint density at radius 1 is 1.62 bits per heavy atom. The predicted octanol–water partition coefficient (Wildman–Crippen LogP) is 0.192. The van der Waals surface area contributed by atoms with Gasteiger partial charge in [-0.25, -0.2) is 9.98 Å². The van der Waals surface area contributed by atoms with Gasteiger partial charge in [0.25, 0.3) is 0 Å². The molecular weight excluding hydrogens is 334 g/mol. The van der Waals surface area contributed by atoms with E-state index in [1.165, 1.54) is 24.8 Å². The van der Waals surface area contributed by atoms with E-state index in [4.69, 9.17) is 20.0 Å². The molecule has 0 aromatic carbocycles. The van der Waals surface area contributed by atoms with Crippen molar-refractivity contribution >= 4 is 28.7 Å². The van der Waals surface area contributed by atoms with Gasteiger partial charge < -0.3 is 30.6 Å². The molecule has 9 nitrogen and oxygen atoms in total. The van der Waals surface area contributed by atoms with Gasteiger partial charge in [-0.05, 0) is 12.1 Å². The van der Waals surface area contributed by atoms with Crippen LogP contribution in [0.15, 0.2) is 26.9 Å². The predicted molar refractivity (Wildman–Crippen MR) is 89.9 cm³/mol. The van der Waals surface area contributed by atoms with Crippen LogP contribution < -0.4 is 16.4 Å². The van der Waals surface area contributed by atoms with Crippen LogP contribution in [0.5, 0.6) is 0 Å². The molecule has 10 heteroatoms. The summed E-state index contributed by atoms with van der Waals surface area (Å²) in [7, 11) is 1.53. The highest BCUT2D eigenvalue weighted by molar-refractivity contribution is 7.13. The number of nitrogens with one attached hydrogen (secondary N) is 2. The standard InChI is InChI=1S/C14H19N5O4S/c1-22-12(15)5-16-8-18-14-19-10(7-24-14)11-3-2-9(23-11)4-17-13(21)6-20/h2-3,7-8,12,20H,4-6,15H2,1H3,(H,17,21)(H,16,18,19). The number of amides is 1. The molecule has 130 valence electrons. The van der Waals surface area contributed by atoms with Crippen LogP contribution in [-0.4, -0.2) is 48.8 Å². The van der Waals surface area contributed by atoms with E-state index in [-0.39, 0.29) is 6.54 Å². The van der Waals surface area contributed by atoms with Crippen molar-refractivity contribution in [3.63, 3.8) is 0 Å². The minimum Gasteiger partial charge on any atom is -0.458 e. The van der Waals surface area contributed by atoms with Gasteiger partial charge in [0, 0.05) is 12.5 Å². The van der Waals surface area contributed by atoms with Crippen LogP contribution >= 0.6 is 11.3 Å². The third-order valence-corrected chi connectivity index (χ3v) is 3.65. The first-order valence-corrected chi connectivity index (χ1v) is 7.96. The minimum absolute atomic E-state index is 0.207. The van der Waals surface area contributed by atoms with E-state index in [0.717, 1.165) is 0 Å². The first kappa shape index (κ1) is 18.1. The second-order valence-corrected chi connectivity index (χ2v) is 5.49. The lowest BCUT2D eigenvalue weighted by atomic mass is 10.3. The highest BCUT2D eigenvalue weighted by Gasteiger charge is 2.09. The number of ether oxygens (including phenoxy) is 1. The van der Waals surface area contributed by atoms with Crippen LogP contribution in [0.4, 0.5) is 5.13 Å². The smallest absolute Gasteiger partial charge is 0.246 e. The molecule has 0 fully saturated rings. The maximum Gasteiger partial charge on any atom is 0.246 e. The number of hydrogen-bond donors (Lipinski definition) is 4. The molecule has 0 aliphatic rings. The number of aliphatic hydroxyl groups excluding tert-OH is 1. The first-order chi connectivity index (χ1) is 11.6. The average Bonchev–Trinajstić information content (AvgIpc) is 3.25. The Labute approximate surface area is 142 Å². The van der Waals surface area contributed by atoms with Crippen molar-refractivity contribution < 1.29 is 19.1 Å². The van der Waals surface area contributed by atoms with Crippen molar-refractivity contribution in [2.75, 3.05) is 20.3 Å². The summed E-state index contributed by atoms with van der Waals surface area (Å²) >= 11 is 1.37. The fourth-order valence-corrected chi connectivity index (χ4v) is 2.29. The van der Waals surface area contributed by atoms with Crippen LogP contribution in [0.3, 0.4) is 0 Å². The van der Waals surface area contributed by atoms with Crippen LogP contribution in [-0.2, 0) is 16.1 Å². The molecule has 1 atom stereocenters. The summed E-state index contributed by atoms with van der Waals surface area (Å²) in [6.07, 6.45) is 1.12. The molecule has 0 aliphatic heterocycles. The van der Waals surface area contributed by atoms with Crippen LogP contribution in [0.25, 0.3) is 11.5 Å². The number of nitrogens with two attached hydrogens (primary N) is 1. The SMILES string of the molecule is COC(N)CNC=Nc1nc(-c2ccc(CNC(=O)CO)o2)cs1. The van der Waals surface area contributed by atoms with Crippen molar-refractivity contribution in [1.29, 1.82) is 0 Å². The summed E-state index contributed by atoms with van der Waals surface area (Å²) in [4.78, 5) is 19.5. The fourth-order valence-electron chi connectivity index (χ4n) is 1.64. The van der Waals surface area contributed by atoms with Gasteiger partial charge in [0.15, 0.2) is 5.76 Å². The fraction of sp³-hybridized carbons (Fsp3) is 0.357. The van der Waals surface area contributed by atoms with Crippen molar-refractivity contribution in [2.24, 2.45) is 10.7 Å². The highest BCUT2D eigenvalue weighted by atomic mass is 32.1. The van der Waals surface area contributed by atoms with Crippen LogP contribution in [0.1, 0.15) is 5.76 Å². The molecule has 5 N–H and O–H groups in total. The van der Waals surface area contributed by atoms with Gasteiger partial charge in [-0.1, -0.05) is 0 Å². The zero-order valence-corrected chi connectivity index (χ0v) is 13.9. The largest absolute Gasteiger partial charge is 0.458 e. The van der Waals surface area contributed by atoms with E-state index in [1.54, 1.807) is 12.1 Å². The molecule has 0 spiro atoms. The summed E-state index contributed by atoms with van der Waals surface area (Å²) in [5.41, 5.74) is 6.23. The second kappa shape index (κ2) is 9.13. The molecule has 24 heavy (non-hydrogen) atoms. The van der Waals surface area contributed by atoms with Crippen molar-refractivity contribution in [3.05, 3.63) is 23.3 Å². The first-order valence-electron chi connectivity index (χ1n) is 7.09. The number of methoxy groups -OCH3 is 1. The summed E-state index contributed by atoms with van der Waals surface area (Å²) in [5.74, 6) is 0.689.